The molecular formula is C17H18ClFO2. The summed E-state index contributed by atoms with van der Waals surface area (Å²) in [4.78, 5) is 0. The standard InChI is InChI=1S/C17H18ClFO2/c1-11(2)21-16-9-4-3-7-13(16)15(20)10-12-6-5-8-14(18)17(12)19/h3-9,11,15,20H,10H2,1-2H3. The summed E-state index contributed by atoms with van der Waals surface area (Å²) in [7, 11) is 0. The van der Waals surface area contributed by atoms with Gasteiger partial charge in [0, 0.05) is 12.0 Å². The zero-order valence-electron chi connectivity index (χ0n) is 12.0. The summed E-state index contributed by atoms with van der Waals surface area (Å²) in [5.41, 5.74) is 1.03. The van der Waals surface area contributed by atoms with Gasteiger partial charge in [0.1, 0.15) is 11.6 Å². The zero-order valence-corrected chi connectivity index (χ0v) is 12.8. The number of hydrogen-bond donors (Lipinski definition) is 1. The van der Waals surface area contributed by atoms with Crippen molar-refractivity contribution in [2.45, 2.75) is 32.5 Å². The van der Waals surface area contributed by atoms with Crippen molar-refractivity contribution in [3.63, 3.8) is 0 Å². The molecule has 0 aliphatic rings. The van der Waals surface area contributed by atoms with Crippen LogP contribution in [0.3, 0.4) is 0 Å². The minimum atomic E-state index is -0.854. The predicted molar refractivity (Wildman–Crippen MR) is 82.3 cm³/mol. The topological polar surface area (TPSA) is 29.5 Å². The van der Waals surface area contributed by atoms with Gasteiger partial charge in [-0.25, -0.2) is 4.39 Å². The van der Waals surface area contributed by atoms with Gasteiger partial charge in [0.25, 0.3) is 0 Å². The fourth-order valence-corrected chi connectivity index (χ4v) is 2.34. The highest BCUT2D eigenvalue weighted by molar-refractivity contribution is 6.30. The second-order valence-electron chi connectivity index (χ2n) is 5.14. The largest absolute Gasteiger partial charge is 0.491 e. The second-order valence-corrected chi connectivity index (χ2v) is 5.54. The Hall–Kier alpha value is -1.58. The smallest absolute Gasteiger partial charge is 0.145 e. The Bertz CT molecular complexity index is 613. The van der Waals surface area contributed by atoms with Crippen LogP contribution in [0.5, 0.6) is 5.75 Å². The van der Waals surface area contributed by atoms with E-state index >= 15 is 0 Å². The highest BCUT2D eigenvalue weighted by Gasteiger charge is 2.17. The monoisotopic (exact) mass is 308 g/mol. The molecule has 0 aliphatic carbocycles. The maximum Gasteiger partial charge on any atom is 0.145 e. The number of ether oxygens (including phenoxy) is 1. The first kappa shape index (κ1) is 15.8. The molecule has 2 aromatic rings. The van der Waals surface area contributed by atoms with E-state index in [1.54, 1.807) is 24.3 Å². The fraction of sp³-hybridized carbons (Fsp3) is 0.294. The van der Waals surface area contributed by atoms with Crippen molar-refractivity contribution in [1.29, 1.82) is 0 Å². The summed E-state index contributed by atoms with van der Waals surface area (Å²) < 4.78 is 19.6. The van der Waals surface area contributed by atoms with Gasteiger partial charge in [-0.05, 0) is 31.5 Å². The lowest BCUT2D eigenvalue weighted by Crippen LogP contribution is -2.11. The van der Waals surface area contributed by atoms with Crippen molar-refractivity contribution in [3.05, 3.63) is 64.4 Å². The van der Waals surface area contributed by atoms with Crippen LogP contribution in [0.25, 0.3) is 0 Å². The summed E-state index contributed by atoms with van der Waals surface area (Å²) in [5, 5.41) is 10.5. The second kappa shape index (κ2) is 6.92. The highest BCUT2D eigenvalue weighted by Crippen LogP contribution is 2.30. The van der Waals surface area contributed by atoms with Gasteiger partial charge < -0.3 is 9.84 Å². The minimum absolute atomic E-state index is 0.00116. The number of halogens is 2. The number of rotatable bonds is 5. The molecule has 0 saturated carbocycles. The van der Waals surface area contributed by atoms with Crippen molar-refractivity contribution in [2.75, 3.05) is 0 Å². The van der Waals surface area contributed by atoms with Crippen molar-refractivity contribution < 1.29 is 14.2 Å². The van der Waals surface area contributed by atoms with Crippen molar-refractivity contribution >= 4 is 11.6 Å². The molecule has 0 heterocycles. The Kier molecular flexibility index (Phi) is 5.21. The van der Waals surface area contributed by atoms with Gasteiger partial charge in [-0.2, -0.15) is 0 Å². The van der Waals surface area contributed by atoms with Gasteiger partial charge in [0.05, 0.1) is 17.2 Å². The van der Waals surface area contributed by atoms with Crippen molar-refractivity contribution in [1.82, 2.24) is 0 Å². The molecule has 2 rings (SSSR count). The molecule has 0 bridgehead atoms. The average Bonchev–Trinajstić information content (AvgIpc) is 2.44. The first-order chi connectivity index (χ1) is 9.99. The number of hydrogen-bond acceptors (Lipinski definition) is 2. The zero-order chi connectivity index (χ0) is 15.4. The molecule has 0 aromatic heterocycles. The van der Waals surface area contributed by atoms with Gasteiger partial charge in [0.15, 0.2) is 0 Å². The predicted octanol–water partition coefficient (Wildman–Crippen LogP) is 4.54. The fourth-order valence-electron chi connectivity index (χ4n) is 2.14. The van der Waals surface area contributed by atoms with Gasteiger partial charge in [-0.1, -0.05) is 41.9 Å². The molecule has 2 nitrogen and oxygen atoms in total. The molecule has 1 unspecified atom stereocenters. The van der Waals surface area contributed by atoms with Gasteiger partial charge in [0.2, 0.25) is 0 Å². The summed E-state index contributed by atoms with van der Waals surface area (Å²) in [6.45, 7) is 3.83. The van der Waals surface area contributed by atoms with Gasteiger partial charge in [-0.15, -0.1) is 0 Å². The maximum absolute atomic E-state index is 13.9. The lowest BCUT2D eigenvalue weighted by Gasteiger charge is -2.18. The van der Waals surface area contributed by atoms with E-state index in [4.69, 9.17) is 16.3 Å². The molecule has 112 valence electrons. The van der Waals surface area contributed by atoms with E-state index in [0.29, 0.717) is 16.9 Å². The van der Waals surface area contributed by atoms with Crippen LogP contribution in [0.1, 0.15) is 31.1 Å². The molecular weight excluding hydrogens is 291 g/mol. The highest BCUT2D eigenvalue weighted by atomic mass is 35.5. The van der Waals surface area contributed by atoms with Crippen LogP contribution in [0.4, 0.5) is 4.39 Å². The van der Waals surface area contributed by atoms with Crippen molar-refractivity contribution in [3.8, 4) is 5.75 Å². The van der Waals surface area contributed by atoms with E-state index < -0.39 is 11.9 Å². The van der Waals surface area contributed by atoms with Crippen LogP contribution < -0.4 is 4.74 Å². The SMILES string of the molecule is CC(C)Oc1ccccc1C(O)Cc1cccc(Cl)c1F. The molecule has 21 heavy (non-hydrogen) atoms. The van der Waals surface area contributed by atoms with Crippen LogP contribution in [-0.4, -0.2) is 11.2 Å². The third-order valence-electron chi connectivity index (χ3n) is 3.09. The Morgan fingerprint density at radius 3 is 2.57 bits per heavy atom. The molecule has 0 radical (unpaired) electrons. The Labute approximate surface area is 129 Å². The van der Waals surface area contributed by atoms with Crippen LogP contribution in [0, 0.1) is 5.82 Å². The van der Waals surface area contributed by atoms with E-state index in [0.717, 1.165) is 0 Å². The molecule has 1 N–H and O–H groups in total. The molecule has 0 fully saturated rings. The van der Waals surface area contributed by atoms with Crippen LogP contribution >= 0.6 is 11.6 Å². The molecule has 0 aliphatic heterocycles. The number of para-hydroxylation sites is 1. The summed E-state index contributed by atoms with van der Waals surface area (Å²) in [5.74, 6) is 0.128. The number of aliphatic hydroxyl groups excluding tert-OH is 1. The van der Waals surface area contributed by atoms with E-state index in [-0.39, 0.29) is 17.5 Å². The van der Waals surface area contributed by atoms with Gasteiger partial charge >= 0.3 is 0 Å². The maximum atomic E-state index is 13.9. The van der Waals surface area contributed by atoms with E-state index in [9.17, 15) is 9.50 Å². The first-order valence-corrected chi connectivity index (χ1v) is 7.23. The van der Waals surface area contributed by atoms with Crippen LogP contribution in [0.2, 0.25) is 5.02 Å². The minimum Gasteiger partial charge on any atom is -0.491 e. The van der Waals surface area contributed by atoms with E-state index in [1.165, 1.54) is 6.07 Å². The van der Waals surface area contributed by atoms with Crippen LogP contribution in [0.15, 0.2) is 42.5 Å². The Morgan fingerprint density at radius 1 is 1.14 bits per heavy atom. The number of aliphatic hydroxyl groups is 1. The van der Waals surface area contributed by atoms with Crippen molar-refractivity contribution in [2.24, 2.45) is 0 Å². The molecule has 0 amide bonds. The lowest BCUT2D eigenvalue weighted by atomic mass is 10.00. The molecule has 0 spiro atoms. The summed E-state index contributed by atoms with van der Waals surface area (Å²) in [6, 6.07) is 12.0. The summed E-state index contributed by atoms with van der Waals surface area (Å²) >= 11 is 5.76. The van der Waals surface area contributed by atoms with Crippen LogP contribution in [-0.2, 0) is 6.42 Å². The number of benzene rings is 2. The first-order valence-electron chi connectivity index (χ1n) is 6.85. The van der Waals surface area contributed by atoms with E-state index in [2.05, 4.69) is 0 Å². The normalized spacial score (nSPS) is 12.5. The molecule has 1 atom stereocenters. The quantitative estimate of drug-likeness (QED) is 0.878. The third kappa shape index (κ3) is 3.96. The Balaban J connectivity index is 2.24. The third-order valence-corrected chi connectivity index (χ3v) is 3.38. The van der Waals surface area contributed by atoms with E-state index in [1.807, 2.05) is 26.0 Å². The summed E-state index contributed by atoms with van der Waals surface area (Å²) in [6.07, 6.45) is -0.709. The molecule has 2 aromatic carbocycles. The molecule has 4 heteroatoms. The van der Waals surface area contributed by atoms with Gasteiger partial charge in [-0.3, -0.25) is 0 Å². The molecule has 0 saturated heterocycles. The lowest BCUT2D eigenvalue weighted by molar-refractivity contribution is 0.165. The average molecular weight is 309 g/mol. The Morgan fingerprint density at radius 2 is 1.86 bits per heavy atom.